The number of thiophene rings is 1. The van der Waals surface area contributed by atoms with E-state index in [2.05, 4.69) is 22.1 Å². The van der Waals surface area contributed by atoms with E-state index in [9.17, 15) is 4.79 Å². The number of amides is 1. The van der Waals surface area contributed by atoms with Crippen LogP contribution >= 0.6 is 11.3 Å². The molecule has 2 rings (SSSR count). The molecule has 1 amide bonds. The van der Waals surface area contributed by atoms with Gasteiger partial charge in [0.1, 0.15) is 0 Å². The lowest BCUT2D eigenvalue weighted by Crippen LogP contribution is -2.27. The van der Waals surface area contributed by atoms with Crippen LogP contribution in [0.4, 0.5) is 5.69 Å². The first-order chi connectivity index (χ1) is 8.75. The summed E-state index contributed by atoms with van der Waals surface area (Å²) in [6, 6.07) is 9.82. The predicted octanol–water partition coefficient (Wildman–Crippen LogP) is 2.78. The highest BCUT2D eigenvalue weighted by Gasteiger charge is 2.03. The van der Waals surface area contributed by atoms with E-state index >= 15 is 0 Å². The number of hydrogen-bond acceptors (Lipinski definition) is 3. The highest BCUT2D eigenvalue weighted by Crippen LogP contribution is 2.12. The van der Waals surface area contributed by atoms with Crippen molar-refractivity contribution >= 4 is 22.9 Å². The third-order valence-corrected chi connectivity index (χ3v) is 3.35. The predicted molar refractivity (Wildman–Crippen MR) is 75.8 cm³/mol. The van der Waals surface area contributed by atoms with Crippen molar-refractivity contribution in [3.63, 3.8) is 0 Å². The molecule has 2 aromatic rings. The Kier molecular flexibility index (Phi) is 4.50. The van der Waals surface area contributed by atoms with Gasteiger partial charge in [0, 0.05) is 12.2 Å². The highest BCUT2D eigenvalue weighted by atomic mass is 32.1. The van der Waals surface area contributed by atoms with Gasteiger partial charge in [-0.1, -0.05) is 18.2 Å². The van der Waals surface area contributed by atoms with Crippen LogP contribution in [0.15, 0.2) is 41.1 Å². The minimum absolute atomic E-state index is 0.0143. The number of anilines is 1. The summed E-state index contributed by atoms with van der Waals surface area (Å²) < 4.78 is 0. The normalized spacial score (nSPS) is 10.3. The molecule has 1 heterocycles. The lowest BCUT2D eigenvalue weighted by molar-refractivity contribution is -0.115. The van der Waals surface area contributed by atoms with Gasteiger partial charge < -0.3 is 10.6 Å². The molecule has 0 atom stereocenters. The van der Waals surface area contributed by atoms with Gasteiger partial charge in [-0.25, -0.2) is 0 Å². The molecular weight excluding hydrogens is 244 g/mol. The third kappa shape index (κ3) is 3.68. The zero-order chi connectivity index (χ0) is 12.8. The molecule has 4 heteroatoms. The van der Waals surface area contributed by atoms with E-state index in [0.29, 0.717) is 6.54 Å². The van der Waals surface area contributed by atoms with Crippen molar-refractivity contribution in [3.8, 4) is 0 Å². The van der Waals surface area contributed by atoms with E-state index in [0.717, 1.165) is 17.8 Å². The Labute approximate surface area is 111 Å². The standard InChI is InChI=1S/C14H16N2OS/c1-11-4-2-3-5-13(11)16-14(17)9-15-8-12-6-7-18-10-12/h2-7,10,15H,8-9H2,1H3,(H,16,17). The van der Waals surface area contributed by atoms with Gasteiger partial charge in [-0.15, -0.1) is 0 Å². The van der Waals surface area contributed by atoms with Crippen LogP contribution in [-0.4, -0.2) is 12.5 Å². The van der Waals surface area contributed by atoms with Crippen molar-refractivity contribution in [1.29, 1.82) is 0 Å². The molecule has 1 aromatic carbocycles. The van der Waals surface area contributed by atoms with Crippen LogP contribution in [0, 0.1) is 6.92 Å². The fourth-order valence-corrected chi connectivity index (χ4v) is 2.29. The molecule has 0 saturated carbocycles. The topological polar surface area (TPSA) is 41.1 Å². The van der Waals surface area contributed by atoms with Crippen molar-refractivity contribution in [2.75, 3.05) is 11.9 Å². The number of carbonyl (C=O) groups excluding carboxylic acids is 1. The van der Waals surface area contributed by atoms with Crippen LogP contribution in [-0.2, 0) is 11.3 Å². The Morgan fingerprint density at radius 1 is 1.28 bits per heavy atom. The first-order valence-electron chi connectivity index (χ1n) is 5.83. The molecule has 0 bridgehead atoms. The minimum atomic E-state index is -0.0143. The summed E-state index contributed by atoms with van der Waals surface area (Å²) in [4.78, 5) is 11.7. The van der Waals surface area contributed by atoms with E-state index in [1.807, 2.05) is 36.6 Å². The molecule has 0 spiro atoms. The summed E-state index contributed by atoms with van der Waals surface area (Å²) in [6.07, 6.45) is 0. The summed E-state index contributed by atoms with van der Waals surface area (Å²) in [5, 5.41) is 10.1. The maximum atomic E-state index is 11.7. The minimum Gasteiger partial charge on any atom is -0.325 e. The van der Waals surface area contributed by atoms with Gasteiger partial charge in [0.2, 0.25) is 5.91 Å². The van der Waals surface area contributed by atoms with Crippen LogP contribution in [0.5, 0.6) is 0 Å². The van der Waals surface area contributed by atoms with Crippen LogP contribution in [0.25, 0.3) is 0 Å². The van der Waals surface area contributed by atoms with Crippen molar-refractivity contribution in [2.45, 2.75) is 13.5 Å². The first-order valence-corrected chi connectivity index (χ1v) is 6.77. The molecule has 0 aliphatic heterocycles. The largest absolute Gasteiger partial charge is 0.325 e. The second-order valence-electron chi connectivity index (χ2n) is 4.10. The van der Waals surface area contributed by atoms with Gasteiger partial charge in [-0.3, -0.25) is 4.79 Å². The number of nitrogens with one attached hydrogen (secondary N) is 2. The van der Waals surface area contributed by atoms with E-state index in [-0.39, 0.29) is 5.91 Å². The van der Waals surface area contributed by atoms with Crippen LogP contribution < -0.4 is 10.6 Å². The molecule has 0 aliphatic rings. The van der Waals surface area contributed by atoms with Crippen LogP contribution in [0.1, 0.15) is 11.1 Å². The SMILES string of the molecule is Cc1ccccc1NC(=O)CNCc1ccsc1. The fourth-order valence-electron chi connectivity index (χ4n) is 1.62. The summed E-state index contributed by atoms with van der Waals surface area (Å²) in [6.45, 7) is 3.03. The molecule has 0 saturated heterocycles. The zero-order valence-corrected chi connectivity index (χ0v) is 11.1. The zero-order valence-electron chi connectivity index (χ0n) is 10.3. The van der Waals surface area contributed by atoms with Gasteiger partial charge in [-0.2, -0.15) is 11.3 Å². The Balaban J connectivity index is 1.77. The molecule has 18 heavy (non-hydrogen) atoms. The lowest BCUT2D eigenvalue weighted by atomic mass is 10.2. The maximum Gasteiger partial charge on any atom is 0.238 e. The fraction of sp³-hybridized carbons (Fsp3) is 0.214. The summed E-state index contributed by atoms with van der Waals surface area (Å²) in [5.74, 6) is -0.0143. The Hall–Kier alpha value is -1.65. The lowest BCUT2D eigenvalue weighted by Gasteiger charge is -2.08. The average molecular weight is 260 g/mol. The number of para-hydroxylation sites is 1. The average Bonchev–Trinajstić information content (AvgIpc) is 2.85. The Morgan fingerprint density at radius 2 is 2.11 bits per heavy atom. The van der Waals surface area contributed by atoms with Gasteiger partial charge >= 0.3 is 0 Å². The van der Waals surface area contributed by atoms with Crippen LogP contribution in [0.3, 0.4) is 0 Å². The van der Waals surface area contributed by atoms with Gasteiger partial charge in [0.05, 0.1) is 6.54 Å². The summed E-state index contributed by atoms with van der Waals surface area (Å²) >= 11 is 1.66. The molecule has 0 radical (unpaired) electrons. The molecular formula is C14H16N2OS. The molecule has 0 fully saturated rings. The van der Waals surface area contributed by atoms with E-state index in [4.69, 9.17) is 0 Å². The van der Waals surface area contributed by atoms with Crippen molar-refractivity contribution in [1.82, 2.24) is 5.32 Å². The molecule has 1 aromatic heterocycles. The second-order valence-corrected chi connectivity index (χ2v) is 4.88. The molecule has 0 aliphatic carbocycles. The van der Waals surface area contributed by atoms with Gasteiger partial charge in [0.25, 0.3) is 0 Å². The molecule has 3 nitrogen and oxygen atoms in total. The Bertz CT molecular complexity index is 508. The summed E-state index contributed by atoms with van der Waals surface area (Å²) in [5.41, 5.74) is 3.16. The number of hydrogen-bond donors (Lipinski definition) is 2. The van der Waals surface area contributed by atoms with Crippen molar-refractivity contribution < 1.29 is 4.79 Å². The number of aryl methyl sites for hydroxylation is 1. The van der Waals surface area contributed by atoms with Crippen molar-refractivity contribution in [2.24, 2.45) is 0 Å². The van der Waals surface area contributed by atoms with E-state index < -0.39 is 0 Å². The molecule has 94 valence electrons. The van der Waals surface area contributed by atoms with Crippen LogP contribution in [0.2, 0.25) is 0 Å². The molecule has 0 unspecified atom stereocenters. The van der Waals surface area contributed by atoms with Gasteiger partial charge in [-0.05, 0) is 40.9 Å². The number of rotatable bonds is 5. The first kappa shape index (κ1) is 12.8. The highest BCUT2D eigenvalue weighted by molar-refractivity contribution is 7.07. The van der Waals surface area contributed by atoms with Crippen molar-refractivity contribution in [3.05, 3.63) is 52.2 Å². The Morgan fingerprint density at radius 3 is 2.83 bits per heavy atom. The second kappa shape index (κ2) is 6.33. The maximum absolute atomic E-state index is 11.7. The summed E-state index contributed by atoms with van der Waals surface area (Å²) in [7, 11) is 0. The monoisotopic (exact) mass is 260 g/mol. The number of carbonyl (C=O) groups is 1. The smallest absolute Gasteiger partial charge is 0.238 e. The van der Waals surface area contributed by atoms with Gasteiger partial charge in [0.15, 0.2) is 0 Å². The van der Waals surface area contributed by atoms with E-state index in [1.165, 1.54) is 5.56 Å². The number of benzene rings is 1. The molecule has 2 N–H and O–H groups in total. The van der Waals surface area contributed by atoms with E-state index in [1.54, 1.807) is 11.3 Å². The quantitative estimate of drug-likeness (QED) is 0.868. The third-order valence-electron chi connectivity index (χ3n) is 2.61.